The van der Waals surface area contributed by atoms with Gasteiger partial charge in [0.25, 0.3) is 0 Å². The topological polar surface area (TPSA) is 74.6 Å². The van der Waals surface area contributed by atoms with Gasteiger partial charge in [-0.15, -0.1) is 0 Å². The van der Waals surface area contributed by atoms with Gasteiger partial charge in [-0.3, -0.25) is 9.59 Å². The third kappa shape index (κ3) is 4.09. The zero-order chi connectivity index (χ0) is 15.0. The van der Waals surface area contributed by atoms with Crippen LogP contribution in [0.15, 0.2) is 12.2 Å². The van der Waals surface area contributed by atoms with Crippen LogP contribution < -0.4 is 0 Å². The number of hydrogen-bond acceptors (Lipinski definition) is 2. The van der Waals surface area contributed by atoms with Gasteiger partial charge in [-0.2, -0.15) is 0 Å². The molecule has 114 valence electrons. The van der Waals surface area contributed by atoms with Crippen molar-refractivity contribution >= 4 is 11.9 Å². The van der Waals surface area contributed by atoms with Crippen LogP contribution in [-0.4, -0.2) is 22.2 Å². The van der Waals surface area contributed by atoms with Gasteiger partial charge in [0.2, 0.25) is 0 Å². The van der Waals surface area contributed by atoms with Crippen molar-refractivity contribution in [3.8, 4) is 0 Å². The quantitative estimate of drug-likeness (QED) is 0.497. The molecule has 0 saturated heterocycles. The fourth-order valence-corrected chi connectivity index (χ4v) is 3.07. The molecule has 2 N–H and O–H groups in total. The summed E-state index contributed by atoms with van der Waals surface area (Å²) in [7, 11) is 0. The molecular weight excluding hydrogens is 256 g/mol. The maximum Gasteiger partial charge on any atom is 0.310 e. The van der Waals surface area contributed by atoms with E-state index in [9.17, 15) is 19.8 Å². The van der Waals surface area contributed by atoms with Crippen molar-refractivity contribution in [1.82, 2.24) is 0 Å². The van der Waals surface area contributed by atoms with E-state index in [1.165, 1.54) is 19.3 Å². The SMILES string of the molecule is CCCCCCCCC1(C(=O)O)CC=CCC1C(=O)O. The second-order valence-electron chi connectivity index (χ2n) is 5.78. The van der Waals surface area contributed by atoms with Crippen LogP contribution in [0, 0.1) is 11.3 Å². The molecule has 0 aromatic carbocycles. The Hall–Kier alpha value is -1.32. The van der Waals surface area contributed by atoms with Gasteiger partial charge in [0, 0.05) is 0 Å². The van der Waals surface area contributed by atoms with Crippen molar-refractivity contribution in [2.24, 2.45) is 11.3 Å². The van der Waals surface area contributed by atoms with Crippen molar-refractivity contribution in [3.63, 3.8) is 0 Å². The first-order valence-corrected chi connectivity index (χ1v) is 7.66. The molecule has 0 bridgehead atoms. The highest BCUT2D eigenvalue weighted by Crippen LogP contribution is 2.43. The Bertz CT molecular complexity index is 361. The number of unbranched alkanes of at least 4 members (excludes halogenated alkanes) is 5. The lowest BCUT2D eigenvalue weighted by Gasteiger charge is -2.36. The van der Waals surface area contributed by atoms with Gasteiger partial charge < -0.3 is 10.2 Å². The number of rotatable bonds is 9. The fourth-order valence-electron chi connectivity index (χ4n) is 3.07. The van der Waals surface area contributed by atoms with E-state index in [1.807, 2.05) is 6.08 Å². The summed E-state index contributed by atoms with van der Waals surface area (Å²) in [5.41, 5.74) is -1.11. The number of carbonyl (C=O) groups is 2. The van der Waals surface area contributed by atoms with Crippen LogP contribution >= 0.6 is 0 Å². The maximum absolute atomic E-state index is 11.7. The van der Waals surface area contributed by atoms with Gasteiger partial charge in [0.05, 0.1) is 11.3 Å². The molecule has 0 spiro atoms. The highest BCUT2D eigenvalue weighted by atomic mass is 16.4. The Morgan fingerprint density at radius 2 is 1.75 bits per heavy atom. The van der Waals surface area contributed by atoms with Crippen molar-refractivity contribution < 1.29 is 19.8 Å². The van der Waals surface area contributed by atoms with Crippen LogP contribution in [0.1, 0.15) is 64.7 Å². The molecule has 4 nitrogen and oxygen atoms in total. The largest absolute Gasteiger partial charge is 0.481 e. The summed E-state index contributed by atoms with van der Waals surface area (Å²) in [4.78, 5) is 23.0. The summed E-state index contributed by atoms with van der Waals surface area (Å²) in [5, 5.41) is 18.8. The average molecular weight is 282 g/mol. The van der Waals surface area contributed by atoms with E-state index in [2.05, 4.69) is 6.92 Å². The Balaban J connectivity index is 2.60. The highest BCUT2D eigenvalue weighted by Gasteiger charge is 2.48. The van der Waals surface area contributed by atoms with Crippen molar-refractivity contribution in [2.75, 3.05) is 0 Å². The number of aliphatic carboxylic acids is 2. The molecule has 0 heterocycles. The average Bonchev–Trinajstić information content (AvgIpc) is 2.42. The third-order valence-electron chi connectivity index (χ3n) is 4.39. The minimum Gasteiger partial charge on any atom is -0.481 e. The molecule has 0 radical (unpaired) electrons. The summed E-state index contributed by atoms with van der Waals surface area (Å²) in [5.74, 6) is -2.73. The smallest absolute Gasteiger partial charge is 0.310 e. The monoisotopic (exact) mass is 282 g/mol. The molecule has 2 unspecified atom stereocenters. The zero-order valence-corrected chi connectivity index (χ0v) is 12.3. The van der Waals surface area contributed by atoms with E-state index in [4.69, 9.17) is 0 Å². The van der Waals surface area contributed by atoms with E-state index in [-0.39, 0.29) is 0 Å². The van der Waals surface area contributed by atoms with Crippen LogP contribution in [0.25, 0.3) is 0 Å². The van der Waals surface area contributed by atoms with Crippen LogP contribution in [0.5, 0.6) is 0 Å². The summed E-state index contributed by atoms with van der Waals surface area (Å²) in [6.45, 7) is 2.16. The van der Waals surface area contributed by atoms with E-state index < -0.39 is 23.3 Å². The van der Waals surface area contributed by atoms with Crippen molar-refractivity contribution in [1.29, 1.82) is 0 Å². The molecule has 0 saturated carbocycles. The molecule has 4 heteroatoms. The van der Waals surface area contributed by atoms with Gasteiger partial charge >= 0.3 is 11.9 Å². The van der Waals surface area contributed by atoms with Crippen molar-refractivity contribution in [2.45, 2.75) is 64.7 Å². The minimum absolute atomic E-state index is 0.331. The van der Waals surface area contributed by atoms with Crippen molar-refractivity contribution in [3.05, 3.63) is 12.2 Å². The molecule has 0 fully saturated rings. The van der Waals surface area contributed by atoms with E-state index >= 15 is 0 Å². The molecule has 1 aliphatic rings. The van der Waals surface area contributed by atoms with E-state index in [0.717, 1.165) is 19.3 Å². The first kappa shape index (κ1) is 16.7. The predicted molar refractivity (Wildman–Crippen MR) is 77.6 cm³/mol. The molecule has 1 rings (SSSR count). The van der Waals surface area contributed by atoms with Crippen LogP contribution in [-0.2, 0) is 9.59 Å². The second-order valence-corrected chi connectivity index (χ2v) is 5.78. The summed E-state index contributed by atoms with van der Waals surface area (Å²) < 4.78 is 0. The first-order valence-electron chi connectivity index (χ1n) is 7.66. The van der Waals surface area contributed by atoms with E-state index in [0.29, 0.717) is 19.3 Å². The second kappa shape index (κ2) is 8.08. The van der Waals surface area contributed by atoms with Crippen LogP contribution in [0.2, 0.25) is 0 Å². The highest BCUT2D eigenvalue weighted by molar-refractivity contribution is 5.84. The molecule has 20 heavy (non-hydrogen) atoms. The summed E-state index contributed by atoms with van der Waals surface area (Å²) in [6.07, 6.45) is 11.2. The summed E-state index contributed by atoms with van der Waals surface area (Å²) in [6, 6.07) is 0. The van der Waals surface area contributed by atoms with Gasteiger partial charge in [-0.25, -0.2) is 0 Å². The lowest BCUT2D eigenvalue weighted by molar-refractivity contribution is -0.163. The zero-order valence-electron chi connectivity index (χ0n) is 12.3. The minimum atomic E-state index is -1.11. The Morgan fingerprint density at radius 1 is 1.10 bits per heavy atom. The molecule has 0 aromatic rings. The third-order valence-corrected chi connectivity index (χ3v) is 4.39. The number of carboxylic acid groups (broad SMARTS) is 2. The van der Waals surface area contributed by atoms with E-state index in [1.54, 1.807) is 6.08 Å². The van der Waals surface area contributed by atoms with Crippen LogP contribution in [0.4, 0.5) is 0 Å². The van der Waals surface area contributed by atoms with Gasteiger partial charge in [-0.05, 0) is 19.3 Å². The fraction of sp³-hybridized carbons (Fsp3) is 0.750. The molecule has 0 amide bonds. The Labute approximate surface area is 120 Å². The van der Waals surface area contributed by atoms with Crippen LogP contribution in [0.3, 0.4) is 0 Å². The molecular formula is C16H26O4. The summed E-state index contributed by atoms with van der Waals surface area (Å²) >= 11 is 0. The van der Waals surface area contributed by atoms with Gasteiger partial charge in [0.1, 0.15) is 0 Å². The van der Waals surface area contributed by atoms with Gasteiger partial charge in [-0.1, -0.05) is 57.6 Å². The first-order chi connectivity index (χ1) is 9.54. The normalized spacial score (nSPS) is 25.6. The predicted octanol–water partition coefficient (Wildman–Crippen LogP) is 3.86. The number of hydrogen-bond donors (Lipinski definition) is 2. The Morgan fingerprint density at radius 3 is 2.35 bits per heavy atom. The lowest BCUT2D eigenvalue weighted by atomic mass is 9.66. The van der Waals surface area contributed by atoms with Gasteiger partial charge in [0.15, 0.2) is 0 Å². The number of carboxylic acids is 2. The number of allylic oxidation sites excluding steroid dienone is 2. The standard InChI is InChI=1S/C16H26O4/c1-2-3-4-5-6-8-11-16(15(19)20)12-9-7-10-13(16)14(17)18/h7,9,13H,2-6,8,10-12H2,1H3,(H,17,18)(H,19,20). The molecule has 2 atom stereocenters. The molecule has 0 aromatic heterocycles. The maximum atomic E-state index is 11.7. The lowest BCUT2D eigenvalue weighted by Crippen LogP contribution is -2.43. The molecule has 0 aliphatic heterocycles. The molecule has 1 aliphatic carbocycles. The Kier molecular flexibility index (Phi) is 6.76.